The van der Waals surface area contributed by atoms with Crippen LogP contribution in [0.15, 0.2) is 23.0 Å². The van der Waals surface area contributed by atoms with Crippen molar-refractivity contribution in [3.8, 4) is 0 Å². The van der Waals surface area contributed by atoms with E-state index in [0.717, 1.165) is 31.4 Å². The maximum Gasteiger partial charge on any atom is 0.307 e. The van der Waals surface area contributed by atoms with Gasteiger partial charge >= 0.3 is 5.97 Å². The highest BCUT2D eigenvalue weighted by atomic mass is 16.4. The molecule has 0 aromatic carbocycles. The normalized spacial score (nSPS) is 37.5. The lowest BCUT2D eigenvalue weighted by atomic mass is 9.77. The van der Waals surface area contributed by atoms with Gasteiger partial charge in [-0.3, -0.25) is 14.4 Å². The van der Waals surface area contributed by atoms with E-state index in [1.807, 2.05) is 15.5 Å². The van der Waals surface area contributed by atoms with Crippen molar-refractivity contribution < 1.29 is 14.7 Å². The Morgan fingerprint density at radius 1 is 1.00 bits per heavy atom. The van der Waals surface area contributed by atoms with Gasteiger partial charge in [-0.25, -0.2) is 0 Å². The Bertz CT molecular complexity index is 831. The van der Waals surface area contributed by atoms with Crippen molar-refractivity contribution in [1.82, 2.24) is 9.47 Å². The van der Waals surface area contributed by atoms with Crippen molar-refractivity contribution >= 4 is 11.9 Å². The van der Waals surface area contributed by atoms with Crippen LogP contribution in [0.3, 0.4) is 0 Å². The lowest BCUT2D eigenvalue weighted by Crippen LogP contribution is -2.52. The summed E-state index contributed by atoms with van der Waals surface area (Å²) in [5.74, 6) is -0.716. The van der Waals surface area contributed by atoms with Gasteiger partial charge in [0, 0.05) is 37.3 Å². The number of pyridine rings is 1. The number of carboxylic acids is 1. The molecule has 0 radical (unpaired) electrons. The average molecular weight is 356 g/mol. The number of piperidine rings is 1. The molecule has 0 spiro atoms. The number of carboxylic acid groups (broad SMARTS) is 1. The lowest BCUT2D eigenvalue weighted by Gasteiger charge is -2.44. The molecule has 2 aliphatic heterocycles. The second-order valence-electron chi connectivity index (χ2n) is 8.66. The smallest absolute Gasteiger partial charge is 0.307 e. The maximum atomic E-state index is 13.3. The van der Waals surface area contributed by atoms with E-state index in [9.17, 15) is 19.5 Å². The highest BCUT2D eigenvalue weighted by molar-refractivity contribution is 5.86. The Hall–Kier alpha value is -2.11. The van der Waals surface area contributed by atoms with Crippen LogP contribution < -0.4 is 5.56 Å². The van der Waals surface area contributed by atoms with E-state index < -0.39 is 11.9 Å². The number of fused-ring (bicyclic) bond motifs is 6. The third-order valence-corrected chi connectivity index (χ3v) is 7.28. The second-order valence-corrected chi connectivity index (χ2v) is 8.66. The number of hydrogen-bond acceptors (Lipinski definition) is 3. The van der Waals surface area contributed by atoms with E-state index in [4.69, 9.17) is 0 Å². The van der Waals surface area contributed by atoms with Crippen LogP contribution >= 0.6 is 0 Å². The number of hydrogen-bond donors (Lipinski definition) is 1. The third-order valence-electron chi connectivity index (χ3n) is 7.28. The molecule has 1 saturated heterocycles. The Kier molecular flexibility index (Phi) is 3.52. The lowest BCUT2D eigenvalue weighted by molar-refractivity contribution is -0.154. The van der Waals surface area contributed by atoms with Crippen molar-refractivity contribution in [1.29, 1.82) is 0 Å². The minimum absolute atomic E-state index is 0.0380. The van der Waals surface area contributed by atoms with Gasteiger partial charge in [0.05, 0.1) is 11.8 Å². The van der Waals surface area contributed by atoms with Crippen molar-refractivity contribution in [2.24, 2.45) is 29.6 Å². The SMILES string of the molecule is O=C(O)[C@@H]1[C@H]2CC[C@@H](C2)[C@H]1C(=O)N1C[C@H]2C[C@@H](C1)c1cccc(=O)n1C2. The molecule has 1 aromatic heterocycles. The molecule has 0 unspecified atom stereocenters. The van der Waals surface area contributed by atoms with Crippen molar-refractivity contribution in [3.05, 3.63) is 34.2 Å². The monoisotopic (exact) mass is 356 g/mol. The van der Waals surface area contributed by atoms with Gasteiger partial charge in [-0.15, -0.1) is 0 Å². The molecule has 1 aromatic rings. The van der Waals surface area contributed by atoms with Crippen molar-refractivity contribution in [2.45, 2.75) is 38.1 Å². The minimum atomic E-state index is -0.801. The summed E-state index contributed by atoms with van der Waals surface area (Å²) in [6, 6.07) is 5.39. The number of nitrogens with zero attached hydrogens (tertiary/aromatic N) is 2. The molecule has 1 amide bonds. The Labute approximate surface area is 151 Å². The van der Waals surface area contributed by atoms with Gasteiger partial charge < -0.3 is 14.6 Å². The van der Waals surface area contributed by atoms with Crippen LogP contribution in [0, 0.1) is 29.6 Å². The summed E-state index contributed by atoms with van der Waals surface area (Å²) >= 11 is 0. The molecule has 5 rings (SSSR count). The summed E-state index contributed by atoms with van der Waals surface area (Å²) in [6.07, 6.45) is 3.84. The minimum Gasteiger partial charge on any atom is -0.481 e. The fraction of sp³-hybridized carbons (Fsp3) is 0.650. The Morgan fingerprint density at radius 2 is 1.77 bits per heavy atom. The van der Waals surface area contributed by atoms with Crippen LogP contribution in [0.1, 0.15) is 37.3 Å². The average Bonchev–Trinajstić information content (AvgIpc) is 3.23. The van der Waals surface area contributed by atoms with Gasteiger partial charge in [0.15, 0.2) is 0 Å². The van der Waals surface area contributed by atoms with Crippen molar-refractivity contribution in [2.75, 3.05) is 13.1 Å². The van der Waals surface area contributed by atoms with Gasteiger partial charge in [0.25, 0.3) is 5.56 Å². The van der Waals surface area contributed by atoms with Crippen LogP contribution in [0.2, 0.25) is 0 Å². The molecule has 138 valence electrons. The van der Waals surface area contributed by atoms with Gasteiger partial charge in [-0.2, -0.15) is 0 Å². The first kappa shape index (κ1) is 16.1. The van der Waals surface area contributed by atoms with Crippen LogP contribution in [0.25, 0.3) is 0 Å². The molecule has 4 bridgehead atoms. The number of aliphatic carboxylic acids is 1. The summed E-state index contributed by atoms with van der Waals surface area (Å²) < 4.78 is 1.86. The highest BCUT2D eigenvalue weighted by Crippen LogP contribution is 2.53. The summed E-state index contributed by atoms with van der Waals surface area (Å²) in [5.41, 5.74) is 1.06. The van der Waals surface area contributed by atoms with Gasteiger partial charge in [-0.05, 0) is 49.5 Å². The number of aromatic nitrogens is 1. The first-order valence-electron chi connectivity index (χ1n) is 9.74. The van der Waals surface area contributed by atoms with Crippen LogP contribution in [0.5, 0.6) is 0 Å². The summed E-state index contributed by atoms with van der Waals surface area (Å²) in [7, 11) is 0. The summed E-state index contributed by atoms with van der Waals surface area (Å²) in [6.45, 7) is 1.92. The molecule has 6 heteroatoms. The molecule has 3 fully saturated rings. The molecular formula is C20H24N2O4. The molecule has 1 N–H and O–H groups in total. The molecule has 26 heavy (non-hydrogen) atoms. The standard InChI is InChI=1S/C20H24N2O4/c23-16-3-1-2-15-14-6-11(9-22(15)16)8-21(10-14)19(24)17-12-4-5-13(7-12)18(17)20(25)26/h1-3,11-14,17-18H,4-10H2,(H,25,26)/t11-,12+,13+,14+,17-,18-/m1/s1. The zero-order valence-electron chi connectivity index (χ0n) is 14.7. The predicted octanol–water partition coefficient (Wildman–Crippen LogP) is 1.54. The Balaban J connectivity index is 1.41. The van der Waals surface area contributed by atoms with Crippen molar-refractivity contribution in [3.63, 3.8) is 0 Å². The van der Waals surface area contributed by atoms with E-state index >= 15 is 0 Å². The molecule has 4 aliphatic rings. The van der Waals surface area contributed by atoms with E-state index in [0.29, 0.717) is 19.6 Å². The number of carbonyl (C=O) groups is 2. The zero-order valence-corrected chi connectivity index (χ0v) is 14.7. The van der Waals surface area contributed by atoms with Gasteiger partial charge in [0.2, 0.25) is 5.91 Å². The molecule has 6 nitrogen and oxygen atoms in total. The van der Waals surface area contributed by atoms with Crippen LogP contribution in [-0.4, -0.2) is 39.5 Å². The van der Waals surface area contributed by atoms with Gasteiger partial charge in [-0.1, -0.05) is 6.07 Å². The van der Waals surface area contributed by atoms with E-state index in [-0.39, 0.29) is 41.1 Å². The maximum absolute atomic E-state index is 13.3. The molecule has 2 saturated carbocycles. The number of rotatable bonds is 2. The molecular weight excluding hydrogens is 332 g/mol. The first-order valence-corrected chi connectivity index (χ1v) is 9.74. The van der Waals surface area contributed by atoms with Crippen LogP contribution in [-0.2, 0) is 16.1 Å². The number of amides is 1. The van der Waals surface area contributed by atoms with E-state index in [2.05, 4.69) is 0 Å². The largest absolute Gasteiger partial charge is 0.481 e. The second kappa shape index (κ2) is 5.69. The van der Waals surface area contributed by atoms with Gasteiger partial charge in [0.1, 0.15) is 0 Å². The predicted molar refractivity (Wildman–Crippen MR) is 93.6 cm³/mol. The summed E-state index contributed by atoms with van der Waals surface area (Å²) in [5, 5.41) is 9.67. The number of carbonyl (C=O) groups excluding carboxylic acids is 1. The quantitative estimate of drug-likeness (QED) is 0.872. The fourth-order valence-electron chi connectivity index (χ4n) is 6.29. The first-order chi connectivity index (χ1) is 12.5. The fourth-order valence-corrected chi connectivity index (χ4v) is 6.29. The van der Waals surface area contributed by atoms with E-state index in [1.54, 1.807) is 12.1 Å². The highest BCUT2D eigenvalue weighted by Gasteiger charge is 2.55. The topological polar surface area (TPSA) is 79.6 Å². The molecule has 3 heterocycles. The Morgan fingerprint density at radius 3 is 2.54 bits per heavy atom. The molecule has 2 aliphatic carbocycles. The van der Waals surface area contributed by atoms with Crippen LogP contribution in [0.4, 0.5) is 0 Å². The number of likely N-dealkylation sites (tertiary alicyclic amines) is 1. The molecule has 6 atom stereocenters. The zero-order chi connectivity index (χ0) is 18.0. The van der Waals surface area contributed by atoms with E-state index in [1.165, 1.54) is 0 Å². The third kappa shape index (κ3) is 2.27. The summed E-state index contributed by atoms with van der Waals surface area (Å²) in [4.78, 5) is 39.1.